The van der Waals surface area contributed by atoms with Crippen LogP contribution in [-0.4, -0.2) is 56.5 Å². The predicted molar refractivity (Wildman–Crippen MR) is 67.2 cm³/mol. The lowest BCUT2D eigenvalue weighted by atomic mass is 9.54. The number of rotatable bonds is 1. The van der Waals surface area contributed by atoms with E-state index in [0.29, 0.717) is 12.0 Å². The third kappa shape index (κ3) is 1.48. The Morgan fingerprint density at radius 3 is 2.47 bits per heavy atom. The Bertz CT molecular complexity index is 409. The molecule has 0 aromatic rings. The number of ether oxygens (including phenoxy) is 1. The molecular formula is C14H22O5. The van der Waals surface area contributed by atoms with Crippen LogP contribution in [0.15, 0.2) is 12.2 Å². The van der Waals surface area contributed by atoms with E-state index >= 15 is 0 Å². The zero-order valence-electron chi connectivity index (χ0n) is 11.2. The van der Waals surface area contributed by atoms with Crippen LogP contribution in [0.1, 0.15) is 20.3 Å². The maximum Gasteiger partial charge on any atom is 0.128 e. The van der Waals surface area contributed by atoms with Gasteiger partial charge in [-0.2, -0.15) is 0 Å². The number of fused-ring (bicyclic) bond motifs is 1. The van der Waals surface area contributed by atoms with Crippen molar-refractivity contribution in [2.75, 3.05) is 0 Å². The molecule has 4 rings (SSSR count). The van der Waals surface area contributed by atoms with Gasteiger partial charge in [0.15, 0.2) is 0 Å². The average molecular weight is 270 g/mol. The smallest absolute Gasteiger partial charge is 0.128 e. The van der Waals surface area contributed by atoms with Crippen LogP contribution in [0.5, 0.6) is 0 Å². The fourth-order valence-corrected chi connectivity index (χ4v) is 4.20. The van der Waals surface area contributed by atoms with Crippen LogP contribution in [0.4, 0.5) is 0 Å². The lowest BCUT2D eigenvalue weighted by Crippen LogP contribution is -2.78. The average Bonchev–Trinajstić information content (AvgIpc) is 2.32. The van der Waals surface area contributed by atoms with Crippen LogP contribution in [0.2, 0.25) is 0 Å². The SMILES string of the molecule is C=C1[C@@H]2O[C@@H]3C[C@@H](C(C)C)[C@@H](O)[C@H]1[C@]3(O)[C@H](O)[C@H]2O. The maximum atomic E-state index is 10.8. The quantitative estimate of drug-likeness (QED) is 0.479. The van der Waals surface area contributed by atoms with E-state index < -0.39 is 42.0 Å². The molecule has 0 spiro atoms. The number of aliphatic hydroxyl groups is 4. The molecule has 2 saturated carbocycles. The maximum absolute atomic E-state index is 10.8. The fourth-order valence-electron chi connectivity index (χ4n) is 4.20. The van der Waals surface area contributed by atoms with Gasteiger partial charge in [-0.25, -0.2) is 0 Å². The van der Waals surface area contributed by atoms with Gasteiger partial charge in [-0.05, 0) is 23.8 Å². The molecule has 0 aromatic carbocycles. The molecule has 8 atom stereocenters. The first kappa shape index (κ1) is 13.5. The summed E-state index contributed by atoms with van der Waals surface area (Å²) in [5.41, 5.74) is -1.13. The monoisotopic (exact) mass is 270 g/mol. The molecule has 5 heteroatoms. The van der Waals surface area contributed by atoms with E-state index in [-0.39, 0.29) is 11.8 Å². The van der Waals surface area contributed by atoms with Gasteiger partial charge in [0.05, 0.1) is 12.2 Å². The van der Waals surface area contributed by atoms with Crippen LogP contribution in [-0.2, 0) is 4.74 Å². The molecule has 2 aliphatic heterocycles. The summed E-state index contributed by atoms with van der Waals surface area (Å²) in [7, 11) is 0. The molecule has 2 saturated heterocycles. The lowest BCUT2D eigenvalue weighted by Gasteiger charge is -2.63. The van der Waals surface area contributed by atoms with Crippen molar-refractivity contribution in [3.05, 3.63) is 12.2 Å². The molecule has 2 aliphatic carbocycles. The van der Waals surface area contributed by atoms with Crippen molar-refractivity contribution in [1.82, 2.24) is 0 Å². The molecule has 5 nitrogen and oxygen atoms in total. The Hall–Kier alpha value is -0.460. The Morgan fingerprint density at radius 1 is 1.26 bits per heavy atom. The summed E-state index contributed by atoms with van der Waals surface area (Å²) >= 11 is 0. The summed E-state index contributed by atoms with van der Waals surface area (Å²) in [6.07, 6.45) is -3.99. The number of hydrogen-bond acceptors (Lipinski definition) is 5. The lowest BCUT2D eigenvalue weighted by molar-refractivity contribution is -0.333. The van der Waals surface area contributed by atoms with Gasteiger partial charge in [-0.3, -0.25) is 0 Å². The molecular weight excluding hydrogens is 248 g/mol. The van der Waals surface area contributed by atoms with Crippen molar-refractivity contribution in [2.24, 2.45) is 17.8 Å². The van der Waals surface area contributed by atoms with Crippen molar-refractivity contribution in [1.29, 1.82) is 0 Å². The highest BCUT2D eigenvalue weighted by Crippen LogP contribution is 2.55. The molecule has 4 aliphatic rings. The van der Waals surface area contributed by atoms with Crippen molar-refractivity contribution >= 4 is 0 Å². The molecule has 0 amide bonds. The van der Waals surface area contributed by atoms with Gasteiger partial charge < -0.3 is 25.2 Å². The molecule has 4 bridgehead atoms. The van der Waals surface area contributed by atoms with Crippen molar-refractivity contribution < 1.29 is 25.2 Å². The van der Waals surface area contributed by atoms with Crippen LogP contribution in [0.25, 0.3) is 0 Å². The Labute approximate surface area is 112 Å². The fraction of sp³-hybridized carbons (Fsp3) is 0.857. The first-order valence-corrected chi connectivity index (χ1v) is 6.90. The third-order valence-electron chi connectivity index (χ3n) is 5.32. The van der Waals surface area contributed by atoms with Gasteiger partial charge in [0, 0.05) is 5.92 Å². The molecule has 0 radical (unpaired) electrons. The minimum absolute atomic E-state index is 0.00424. The van der Waals surface area contributed by atoms with Crippen molar-refractivity contribution in [3.8, 4) is 0 Å². The van der Waals surface area contributed by atoms with Crippen molar-refractivity contribution in [3.63, 3.8) is 0 Å². The van der Waals surface area contributed by atoms with E-state index in [1.807, 2.05) is 13.8 Å². The van der Waals surface area contributed by atoms with E-state index in [2.05, 4.69) is 6.58 Å². The standard InChI is InChI=1S/C14H22O5/c1-5(2)7-4-8-14(18)9(10(7)15)6(3)12(19-8)11(16)13(14)17/h5,7-13,15-18H,3-4H2,1-2H3/t7-,8+,9-,10+,11-,12-,13+,14-/m0/s1. The topological polar surface area (TPSA) is 90.2 Å². The van der Waals surface area contributed by atoms with Crippen molar-refractivity contribution in [2.45, 2.75) is 56.4 Å². The first-order valence-electron chi connectivity index (χ1n) is 6.90. The van der Waals surface area contributed by atoms with E-state index in [0.717, 1.165) is 0 Å². The molecule has 0 aromatic heterocycles. The Kier molecular flexibility index (Phi) is 2.86. The molecule has 4 N–H and O–H groups in total. The highest BCUT2D eigenvalue weighted by atomic mass is 16.5. The van der Waals surface area contributed by atoms with Gasteiger partial charge >= 0.3 is 0 Å². The summed E-state index contributed by atoms with van der Waals surface area (Å²) in [4.78, 5) is 0. The first-order chi connectivity index (χ1) is 8.80. The summed E-state index contributed by atoms with van der Waals surface area (Å²) < 4.78 is 5.71. The predicted octanol–water partition coefficient (Wildman–Crippen LogP) is -0.571. The zero-order chi connectivity index (χ0) is 14.1. The number of hydrogen-bond donors (Lipinski definition) is 4. The highest BCUT2D eigenvalue weighted by Gasteiger charge is 2.69. The van der Waals surface area contributed by atoms with Crippen LogP contribution in [0, 0.1) is 17.8 Å². The summed E-state index contributed by atoms with van der Waals surface area (Å²) in [6.45, 7) is 7.91. The second kappa shape index (κ2) is 4.02. The summed E-state index contributed by atoms with van der Waals surface area (Å²) in [5, 5.41) is 41.5. The molecule has 4 fully saturated rings. The van der Waals surface area contributed by atoms with Gasteiger partial charge in [-0.15, -0.1) is 0 Å². The van der Waals surface area contributed by atoms with Gasteiger partial charge in [-0.1, -0.05) is 20.4 Å². The Balaban J connectivity index is 2.04. The van der Waals surface area contributed by atoms with Gasteiger partial charge in [0.1, 0.15) is 23.9 Å². The molecule has 2 heterocycles. The highest BCUT2D eigenvalue weighted by molar-refractivity contribution is 5.32. The van der Waals surface area contributed by atoms with Gasteiger partial charge in [0.25, 0.3) is 0 Å². The molecule has 108 valence electrons. The van der Waals surface area contributed by atoms with E-state index in [4.69, 9.17) is 4.74 Å². The zero-order valence-corrected chi connectivity index (χ0v) is 11.2. The van der Waals surface area contributed by atoms with Crippen LogP contribution in [0.3, 0.4) is 0 Å². The second-order valence-electron chi connectivity index (χ2n) is 6.55. The molecule has 0 unspecified atom stereocenters. The second-order valence-corrected chi connectivity index (χ2v) is 6.55. The van der Waals surface area contributed by atoms with E-state index in [1.165, 1.54) is 0 Å². The minimum Gasteiger partial charge on any atom is -0.392 e. The summed E-state index contributed by atoms with van der Waals surface area (Å²) in [5.74, 6) is -0.384. The third-order valence-corrected chi connectivity index (χ3v) is 5.32. The van der Waals surface area contributed by atoms with Crippen LogP contribution < -0.4 is 0 Å². The van der Waals surface area contributed by atoms with E-state index in [9.17, 15) is 20.4 Å². The largest absolute Gasteiger partial charge is 0.392 e. The van der Waals surface area contributed by atoms with Gasteiger partial charge in [0.2, 0.25) is 0 Å². The van der Waals surface area contributed by atoms with E-state index in [1.54, 1.807) is 0 Å². The number of aliphatic hydroxyl groups excluding tert-OH is 3. The molecule has 19 heavy (non-hydrogen) atoms. The Morgan fingerprint density at radius 2 is 1.89 bits per heavy atom. The van der Waals surface area contributed by atoms with Crippen LogP contribution >= 0.6 is 0 Å². The minimum atomic E-state index is -1.63. The normalized spacial score (nSPS) is 56.8. The summed E-state index contributed by atoms with van der Waals surface area (Å²) in [6, 6.07) is 0.